The second kappa shape index (κ2) is 7.90. The average molecular weight is 438 g/mol. The number of halogens is 3. The number of amides is 2. The maximum absolute atomic E-state index is 12.8. The van der Waals surface area contributed by atoms with E-state index in [4.69, 9.17) is 4.74 Å². The molecule has 158 valence electrons. The van der Waals surface area contributed by atoms with Gasteiger partial charge in [0.15, 0.2) is 5.01 Å². The topological polar surface area (TPSA) is 93.2 Å². The third-order valence-electron chi connectivity index (χ3n) is 3.60. The molecule has 0 saturated heterocycles. The normalized spacial score (nSPS) is 11.9. The van der Waals surface area contributed by atoms with E-state index in [2.05, 4.69) is 20.6 Å². The highest BCUT2D eigenvalue weighted by Gasteiger charge is 2.35. The predicted octanol–water partition coefficient (Wildman–Crippen LogP) is 5.31. The van der Waals surface area contributed by atoms with E-state index in [1.165, 1.54) is 36.7 Å². The molecular weight excluding hydrogens is 421 g/mol. The van der Waals surface area contributed by atoms with Gasteiger partial charge in [-0.2, -0.15) is 13.2 Å². The number of fused-ring (bicyclic) bond motifs is 1. The van der Waals surface area contributed by atoms with Gasteiger partial charge in [-0.05, 0) is 45.0 Å². The van der Waals surface area contributed by atoms with E-state index < -0.39 is 28.8 Å². The lowest BCUT2D eigenvalue weighted by atomic mass is 10.2. The molecule has 3 aromatic rings. The van der Waals surface area contributed by atoms with Gasteiger partial charge in [-0.1, -0.05) is 0 Å². The molecule has 0 aliphatic heterocycles. The van der Waals surface area contributed by atoms with Crippen molar-refractivity contribution in [3.8, 4) is 0 Å². The van der Waals surface area contributed by atoms with Gasteiger partial charge in [-0.15, -0.1) is 11.3 Å². The summed E-state index contributed by atoms with van der Waals surface area (Å²) in [6.07, 6.45) is -2.53. The first-order valence-electron chi connectivity index (χ1n) is 8.65. The van der Waals surface area contributed by atoms with Crippen molar-refractivity contribution in [1.82, 2.24) is 9.97 Å². The van der Waals surface area contributed by atoms with Crippen molar-refractivity contribution >= 4 is 44.9 Å². The number of thiazole rings is 1. The zero-order valence-electron chi connectivity index (χ0n) is 16.1. The number of anilines is 2. The Bertz CT molecular complexity index is 1110. The van der Waals surface area contributed by atoms with E-state index in [1.54, 1.807) is 20.8 Å². The number of benzene rings is 1. The summed E-state index contributed by atoms with van der Waals surface area (Å²) in [6, 6.07) is 5.53. The van der Waals surface area contributed by atoms with Crippen LogP contribution in [0, 0.1) is 0 Å². The lowest BCUT2D eigenvalue weighted by Crippen LogP contribution is -2.27. The van der Waals surface area contributed by atoms with Crippen LogP contribution in [0.3, 0.4) is 0 Å². The molecule has 7 nitrogen and oxygen atoms in total. The van der Waals surface area contributed by atoms with Crippen LogP contribution in [0.1, 0.15) is 36.1 Å². The first-order chi connectivity index (χ1) is 13.9. The van der Waals surface area contributed by atoms with Crippen molar-refractivity contribution < 1.29 is 27.5 Å². The third-order valence-corrected chi connectivity index (χ3v) is 4.66. The molecule has 0 aliphatic rings. The molecule has 2 aromatic heterocycles. The number of pyridine rings is 1. The monoisotopic (exact) mass is 438 g/mol. The molecular formula is C19H17F3N4O3S. The Hall–Kier alpha value is -3.21. The first-order valence-corrected chi connectivity index (χ1v) is 9.47. The summed E-state index contributed by atoms with van der Waals surface area (Å²) in [5.41, 5.74) is 0.0364. The zero-order chi connectivity index (χ0) is 22.1. The fourth-order valence-electron chi connectivity index (χ4n) is 2.40. The Kier molecular flexibility index (Phi) is 5.66. The summed E-state index contributed by atoms with van der Waals surface area (Å²) in [4.78, 5) is 32.1. The highest BCUT2D eigenvalue weighted by molar-refractivity contribution is 7.18. The average Bonchev–Trinajstić information content (AvgIpc) is 3.05. The first kappa shape index (κ1) is 21.5. The lowest BCUT2D eigenvalue weighted by molar-refractivity contribution is -0.137. The Morgan fingerprint density at radius 3 is 2.47 bits per heavy atom. The molecule has 1 aromatic carbocycles. The van der Waals surface area contributed by atoms with E-state index in [1.807, 2.05) is 0 Å². The molecule has 3 rings (SSSR count). The molecule has 0 bridgehead atoms. The standard InChI is InChI=1S/C19H17F3N4O3S/c1-18(2,3)29-17(28)26-13-9-23-7-6-11(13)24-15(27)10-4-5-12-14(8-10)30-16(25-12)19(20,21)22/h4-9H,1-3H3,(H,26,28)(H,23,24,27). The van der Waals surface area contributed by atoms with Crippen molar-refractivity contribution in [3.05, 3.63) is 47.2 Å². The number of carbonyl (C=O) groups is 2. The van der Waals surface area contributed by atoms with Crippen LogP contribution in [-0.2, 0) is 10.9 Å². The van der Waals surface area contributed by atoms with Crippen molar-refractivity contribution in [3.63, 3.8) is 0 Å². The number of nitrogens with zero attached hydrogens (tertiary/aromatic N) is 2. The number of hydrogen-bond donors (Lipinski definition) is 2. The minimum atomic E-state index is -4.55. The van der Waals surface area contributed by atoms with Crippen LogP contribution >= 0.6 is 11.3 Å². The summed E-state index contributed by atoms with van der Waals surface area (Å²) >= 11 is 0.459. The van der Waals surface area contributed by atoms with E-state index in [-0.39, 0.29) is 27.2 Å². The maximum atomic E-state index is 12.8. The molecule has 0 spiro atoms. The van der Waals surface area contributed by atoms with E-state index in [9.17, 15) is 22.8 Å². The number of rotatable bonds is 3. The molecule has 0 unspecified atom stereocenters. The van der Waals surface area contributed by atoms with Crippen LogP contribution in [0.2, 0.25) is 0 Å². The summed E-state index contributed by atoms with van der Waals surface area (Å²) in [6.45, 7) is 5.12. The molecule has 2 amide bonds. The van der Waals surface area contributed by atoms with Gasteiger partial charge in [0, 0.05) is 11.8 Å². The second-order valence-corrected chi connectivity index (χ2v) is 8.23. The fourth-order valence-corrected chi connectivity index (χ4v) is 3.27. The minimum Gasteiger partial charge on any atom is -0.444 e. The molecule has 30 heavy (non-hydrogen) atoms. The molecule has 0 radical (unpaired) electrons. The van der Waals surface area contributed by atoms with Gasteiger partial charge in [0.2, 0.25) is 0 Å². The Morgan fingerprint density at radius 1 is 1.07 bits per heavy atom. The lowest BCUT2D eigenvalue weighted by Gasteiger charge is -2.20. The van der Waals surface area contributed by atoms with Gasteiger partial charge in [0.25, 0.3) is 5.91 Å². The van der Waals surface area contributed by atoms with Crippen LogP contribution in [0.25, 0.3) is 10.2 Å². The van der Waals surface area contributed by atoms with E-state index in [0.717, 1.165) is 0 Å². The van der Waals surface area contributed by atoms with Crippen LogP contribution in [0.15, 0.2) is 36.7 Å². The second-order valence-electron chi connectivity index (χ2n) is 7.20. The molecule has 0 atom stereocenters. The summed E-state index contributed by atoms with van der Waals surface area (Å²) in [7, 11) is 0. The molecule has 11 heteroatoms. The fraction of sp³-hybridized carbons (Fsp3) is 0.263. The molecule has 0 aliphatic carbocycles. The third kappa shape index (κ3) is 5.23. The van der Waals surface area contributed by atoms with Crippen molar-refractivity contribution in [1.29, 1.82) is 0 Å². The van der Waals surface area contributed by atoms with Gasteiger partial charge >= 0.3 is 12.3 Å². The van der Waals surface area contributed by atoms with Gasteiger partial charge in [0.1, 0.15) is 5.60 Å². The van der Waals surface area contributed by atoms with Crippen molar-refractivity contribution in [2.45, 2.75) is 32.5 Å². The van der Waals surface area contributed by atoms with Gasteiger partial charge in [0.05, 0.1) is 27.8 Å². The Morgan fingerprint density at radius 2 is 1.80 bits per heavy atom. The number of carbonyl (C=O) groups excluding carboxylic acids is 2. The Labute approximate surface area is 173 Å². The van der Waals surface area contributed by atoms with Crippen molar-refractivity contribution in [2.24, 2.45) is 0 Å². The molecule has 2 heterocycles. The zero-order valence-corrected chi connectivity index (χ0v) is 16.9. The summed E-state index contributed by atoms with van der Waals surface area (Å²) in [5, 5.41) is 4.13. The van der Waals surface area contributed by atoms with Gasteiger partial charge in [-0.25, -0.2) is 9.78 Å². The predicted molar refractivity (Wildman–Crippen MR) is 107 cm³/mol. The highest BCUT2D eigenvalue weighted by atomic mass is 32.1. The SMILES string of the molecule is CC(C)(C)OC(=O)Nc1cnccc1NC(=O)c1ccc2nc(C(F)(F)F)sc2c1. The van der Waals surface area contributed by atoms with E-state index in [0.29, 0.717) is 11.3 Å². The summed E-state index contributed by atoms with van der Waals surface area (Å²) in [5.74, 6) is -0.572. The minimum absolute atomic E-state index is 0.139. The van der Waals surface area contributed by atoms with Crippen LogP contribution in [-0.4, -0.2) is 27.6 Å². The molecule has 2 N–H and O–H groups in total. The van der Waals surface area contributed by atoms with Crippen LogP contribution in [0.4, 0.5) is 29.3 Å². The number of ether oxygens (including phenoxy) is 1. The number of aromatic nitrogens is 2. The van der Waals surface area contributed by atoms with Gasteiger partial charge < -0.3 is 10.1 Å². The number of nitrogens with one attached hydrogen (secondary N) is 2. The molecule has 0 saturated carbocycles. The highest BCUT2D eigenvalue weighted by Crippen LogP contribution is 2.35. The maximum Gasteiger partial charge on any atom is 0.443 e. The van der Waals surface area contributed by atoms with E-state index >= 15 is 0 Å². The smallest absolute Gasteiger partial charge is 0.443 e. The van der Waals surface area contributed by atoms with Crippen LogP contribution < -0.4 is 10.6 Å². The number of alkyl halides is 3. The largest absolute Gasteiger partial charge is 0.444 e. The molecule has 0 fully saturated rings. The van der Waals surface area contributed by atoms with Crippen molar-refractivity contribution in [2.75, 3.05) is 10.6 Å². The van der Waals surface area contributed by atoms with Gasteiger partial charge in [-0.3, -0.25) is 15.1 Å². The van der Waals surface area contributed by atoms with Crippen LogP contribution in [0.5, 0.6) is 0 Å². The number of hydrogen-bond acceptors (Lipinski definition) is 6. The summed E-state index contributed by atoms with van der Waals surface area (Å²) < 4.78 is 43.9. The Balaban J connectivity index is 1.80. The quantitative estimate of drug-likeness (QED) is 0.578.